The Balaban J connectivity index is 1.52. The third kappa shape index (κ3) is 5.29. The number of carbonyl (C=O) groups excluding carboxylic acids is 2. The fraction of sp³-hybridized carbons (Fsp3) is 0.172. The molecule has 4 aromatic rings. The van der Waals surface area contributed by atoms with Crippen molar-refractivity contribution < 1.29 is 14.3 Å². The van der Waals surface area contributed by atoms with Crippen molar-refractivity contribution in [1.29, 1.82) is 0 Å². The van der Waals surface area contributed by atoms with Gasteiger partial charge in [0.2, 0.25) is 0 Å². The van der Waals surface area contributed by atoms with E-state index in [-0.39, 0.29) is 12.5 Å². The number of nitrogens with one attached hydrogen (secondary N) is 1. The predicted octanol–water partition coefficient (Wildman–Crippen LogP) is 6.11. The molecule has 4 nitrogen and oxygen atoms in total. The summed E-state index contributed by atoms with van der Waals surface area (Å²) in [5.41, 5.74) is 4.16. The molecule has 0 aliphatic rings. The van der Waals surface area contributed by atoms with E-state index in [1.165, 1.54) is 0 Å². The number of ether oxygens (including phenoxy) is 1. The fourth-order valence-corrected chi connectivity index (χ4v) is 4.00. The van der Waals surface area contributed by atoms with Crippen molar-refractivity contribution in [2.45, 2.75) is 32.9 Å². The van der Waals surface area contributed by atoms with Gasteiger partial charge >= 0.3 is 0 Å². The highest BCUT2D eigenvalue weighted by atomic mass is 16.5. The second-order valence-corrected chi connectivity index (χ2v) is 8.01. The van der Waals surface area contributed by atoms with Crippen LogP contribution >= 0.6 is 0 Å². The van der Waals surface area contributed by atoms with Gasteiger partial charge in [-0.3, -0.25) is 9.59 Å². The van der Waals surface area contributed by atoms with Crippen molar-refractivity contribution in [1.82, 2.24) is 5.32 Å². The van der Waals surface area contributed by atoms with Gasteiger partial charge in [0.05, 0.1) is 5.56 Å². The first-order valence-electron chi connectivity index (χ1n) is 11.2. The van der Waals surface area contributed by atoms with Gasteiger partial charge in [0.15, 0.2) is 6.29 Å². The summed E-state index contributed by atoms with van der Waals surface area (Å²) in [4.78, 5) is 24.4. The van der Waals surface area contributed by atoms with Crippen LogP contribution < -0.4 is 10.1 Å². The first-order valence-corrected chi connectivity index (χ1v) is 11.2. The monoisotopic (exact) mass is 437 g/mol. The number of hydrogen-bond acceptors (Lipinski definition) is 3. The summed E-state index contributed by atoms with van der Waals surface area (Å²) in [6.07, 6.45) is 2.56. The predicted molar refractivity (Wildman–Crippen MR) is 132 cm³/mol. The molecule has 0 aliphatic carbocycles. The molecule has 1 amide bonds. The average Bonchev–Trinajstić information content (AvgIpc) is 2.87. The van der Waals surface area contributed by atoms with Gasteiger partial charge in [-0.15, -0.1) is 0 Å². The van der Waals surface area contributed by atoms with E-state index in [1.807, 2.05) is 48.5 Å². The number of carbonyl (C=O) groups is 2. The van der Waals surface area contributed by atoms with Gasteiger partial charge < -0.3 is 10.1 Å². The molecule has 166 valence electrons. The van der Waals surface area contributed by atoms with E-state index in [2.05, 4.69) is 30.4 Å². The van der Waals surface area contributed by atoms with Crippen molar-refractivity contribution in [3.8, 4) is 5.75 Å². The van der Waals surface area contributed by atoms with Crippen molar-refractivity contribution in [3.05, 3.63) is 113 Å². The lowest BCUT2D eigenvalue weighted by molar-refractivity contribution is 0.0949. The zero-order chi connectivity index (χ0) is 23.0. The number of benzene rings is 4. The highest BCUT2D eigenvalue weighted by Crippen LogP contribution is 2.21. The molecule has 0 unspecified atom stereocenters. The van der Waals surface area contributed by atoms with Crippen molar-refractivity contribution in [3.63, 3.8) is 0 Å². The van der Waals surface area contributed by atoms with Crippen molar-refractivity contribution >= 4 is 23.0 Å². The summed E-state index contributed by atoms with van der Waals surface area (Å²) in [7, 11) is 0. The largest absolute Gasteiger partial charge is 0.488 e. The van der Waals surface area contributed by atoms with Crippen LogP contribution in [0.15, 0.2) is 84.9 Å². The molecule has 4 rings (SSSR count). The zero-order valence-corrected chi connectivity index (χ0v) is 18.7. The molecule has 0 saturated carbocycles. The zero-order valence-electron chi connectivity index (χ0n) is 18.7. The maximum absolute atomic E-state index is 13.2. The average molecular weight is 438 g/mol. The molecule has 0 aliphatic heterocycles. The van der Waals surface area contributed by atoms with Crippen LogP contribution in [0.5, 0.6) is 5.75 Å². The van der Waals surface area contributed by atoms with Gasteiger partial charge in [-0.2, -0.15) is 0 Å². The van der Waals surface area contributed by atoms with E-state index in [0.29, 0.717) is 23.4 Å². The second kappa shape index (κ2) is 10.6. The maximum atomic E-state index is 13.2. The highest BCUT2D eigenvalue weighted by molar-refractivity contribution is 5.96. The van der Waals surface area contributed by atoms with Gasteiger partial charge in [0, 0.05) is 12.1 Å². The number of amides is 1. The molecule has 4 heteroatoms. The first kappa shape index (κ1) is 22.3. The van der Waals surface area contributed by atoms with Crippen LogP contribution in [0, 0.1) is 0 Å². The third-order valence-corrected chi connectivity index (χ3v) is 5.70. The van der Waals surface area contributed by atoms with Crippen molar-refractivity contribution in [2.24, 2.45) is 0 Å². The maximum Gasteiger partial charge on any atom is 0.251 e. The van der Waals surface area contributed by atoms with E-state index >= 15 is 0 Å². The van der Waals surface area contributed by atoms with E-state index in [9.17, 15) is 9.59 Å². The van der Waals surface area contributed by atoms with E-state index < -0.39 is 0 Å². The first-order chi connectivity index (χ1) is 16.2. The Morgan fingerprint density at radius 3 is 2.55 bits per heavy atom. The molecule has 0 bridgehead atoms. The highest BCUT2D eigenvalue weighted by Gasteiger charge is 2.13. The summed E-state index contributed by atoms with van der Waals surface area (Å²) >= 11 is 0. The summed E-state index contributed by atoms with van der Waals surface area (Å²) in [5, 5.41) is 5.40. The third-order valence-electron chi connectivity index (χ3n) is 5.70. The van der Waals surface area contributed by atoms with Crippen LogP contribution in [0.25, 0.3) is 10.8 Å². The summed E-state index contributed by atoms with van der Waals surface area (Å²) in [6.45, 7) is 2.84. The molecular weight excluding hydrogens is 410 g/mol. The standard InChI is InChI=1S/C29H27NO3/c1-2-8-22-16-15-21(20-33-28-14-6-4-10-25(28)19-31)17-27(22)29(32)30-18-24-12-7-11-23-9-3-5-13-26(23)24/h3-7,9-17,19H,2,8,18,20H2,1H3,(H,30,32). The molecule has 0 atom stereocenters. The Morgan fingerprint density at radius 1 is 0.909 bits per heavy atom. The number of rotatable bonds is 9. The Morgan fingerprint density at radius 2 is 1.70 bits per heavy atom. The molecule has 0 fully saturated rings. The smallest absolute Gasteiger partial charge is 0.251 e. The number of aldehydes is 1. The van der Waals surface area contributed by atoms with E-state index in [1.54, 1.807) is 18.2 Å². The van der Waals surface area contributed by atoms with Gasteiger partial charge in [0.1, 0.15) is 12.4 Å². The second-order valence-electron chi connectivity index (χ2n) is 8.01. The molecule has 4 aromatic carbocycles. The molecule has 33 heavy (non-hydrogen) atoms. The Hall–Kier alpha value is -3.92. The minimum Gasteiger partial charge on any atom is -0.488 e. The Kier molecular flexibility index (Phi) is 7.16. The van der Waals surface area contributed by atoms with Gasteiger partial charge in [0.25, 0.3) is 5.91 Å². The van der Waals surface area contributed by atoms with Crippen LogP contribution in [0.1, 0.15) is 50.8 Å². The van der Waals surface area contributed by atoms with E-state index in [0.717, 1.165) is 46.6 Å². The lowest BCUT2D eigenvalue weighted by Gasteiger charge is -2.14. The molecule has 0 spiro atoms. The summed E-state index contributed by atoms with van der Waals surface area (Å²) < 4.78 is 5.86. The van der Waals surface area contributed by atoms with Crippen LogP contribution in [0.2, 0.25) is 0 Å². The van der Waals surface area contributed by atoms with Gasteiger partial charge in [-0.25, -0.2) is 0 Å². The molecule has 0 heterocycles. The Labute approximate surface area is 194 Å². The SMILES string of the molecule is CCCc1ccc(COc2ccccc2C=O)cc1C(=O)NCc1cccc2ccccc12. The lowest BCUT2D eigenvalue weighted by atomic mass is 9.99. The molecule has 0 radical (unpaired) electrons. The molecular formula is C29H27NO3. The fourth-order valence-electron chi connectivity index (χ4n) is 4.00. The van der Waals surface area contributed by atoms with Crippen LogP contribution in [0.3, 0.4) is 0 Å². The number of para-hydroxylation sites is 1. The Bertz CT molecular complexity index is 1270. The normalized spacial score (nSPS) is 10.7. The van der Waals surface area contributed by atoms with Crippen LogP contribution in [0.4, 0.5) is 0 Å². The minimum atomic E-state index is -0.0958. The van der Waals surface area contributed by atoms with Gasteiger partial charge in [-0.1, -0.05) is 80.1 Å². The van der Waals surface area contributed by atoms with Crippen molar-refractivity contribution in [2.75, 3.05) is 0 Å². The van der Waals surface area contributed by atoms with Gasteiger partial charge in [-0.05, 0) is 52.1 Å². The quantitative estimate of drug-likeness (QED) is 0.321. The molecule has 0 aromatic heterocycles. The number of fused-ring (bicyclic) bond motifs is 1. The molecule has 1 N–H and O–H groups in total. The topological polar surface area (TPSA) is 55.4 Å². The summed E-state index contributed by atoms with van der Waals surface area (Å²) in [5.74, 6) is 0.439. The molecule has 0 saturated heterocycles. The van der Waals surface area contributed by atoms with Crippen LogP contribution in [-0.4, -0.2) is 12.2 Å². The number of hydrogen-bond donors (Lipinski definition) is 1. The minimum absolute atomic E-state index is 0.0958. The summed E-state index contributed by atoms with van der Waals surface area (Å²) in [6, 6.07) is 27.3. The van der Waals surface area contributed by atoms with Crippen LogP contribution in [-0.2, 0) is 19.6 Å². The van der Waals surface area contributed by atoms with E-state index in [4.69, 9.17) is 4.74 Å². The number of aryl methyl sites for hydroxylation is 1. The lowest BCUT2D eigenvalue weighted by Crippen LogP contribution is -2.24.